The molecule has 2 aromatic rings. The normalized spacial score (nSPS) is 17.2. The highest BCUT2D eigenvalue weighted by atomic mass is 35.5. The molecule has 1 atom stereocenters. The van der Waals surface area contributed by atoms with Gasteiger partial charge in [0.25, 0.3) is 0 Å². The van der Waals surface area contributed by atoms with Crippen LogP contribution in [0.4, 0.5) is 5.69 Å². The molecule has 1 aliphatic heterocycles. The van der Waals surface area contributed by atoms with Crippen LogP contribution in [0, 0.1) is 0 Å². The average Bonchev–Trinajstić information content (AvgIpc) is 2.65. The first-order chi connectivity index (χ1) is 12.7. The van der Waals surface area contributed by atoms with Crippen molar-refractivity contribution in [2.45, 2.75) is 38.9 Å². The SMILES string of the molecule is CCc1ccc(N)cc1-c1cc(Cl)nc(OCCOC2CCCCO2)c1. The van der Waals surface area contributed by atoms with Crippen molar-refractivity contribution in [3.63, 3.8) is 0 Å². The Morgan fingerprint density at radius 1 is 1.23 bits per heavy atom. The van der Waals surface area contributed by atoms with Gasteiger partial charge in [-0.15, -0.1) is 0 Å². The number of nitrogens with two attached hydrogens (primary N) is 1. The van der Waals surface area contributed by atoms with Crippen LogP contribution in [0.5, 0.6) is 5.88 Å². The lowest BCUT2D eigenvalue weighted by atomic mass is 9.98. The second-order valence-corrected chi connectivity index (χ2v) is 6.69. The summed E-state index contributed by atoms with van der Waals surface area (Å²) >= 11 is 6.20. The van der Waals surface area contributed by atoms with E-state index < -0.39 is 0 Å². The molecule has 6 heteroatoms. The van der Waals surface area contributed by atoms with Crippen LogP contribution in [0.3, 0.4) is 0 Å². The van der Waals surface area contributed by atoms with E-state index in [0.29, 0.717) is 29.9 Å². The smallest absolute Gasteiger partial charge is 0.215 e. The first-order valence-electron chi connectivity index (χ1n) is 9.08. The zero-order valence-corrected chi connectivity index (χ0v) is 15.8. The molecule has 0 bridgehead atoms. The molecule has 0 spiro atoms. The van der Waals surface area contributed by atoms with Gasteiger partial charge in [0.1, 0.15) is 11.8 Å². The van der Waals surface area contributed by atoms with Gasteiger partial charge in [-0.3, -0.25) is 0 Å². The van der Waals surface area contributed by atoms with Crippen LogP contribution in [-0.2, 0) is 15.9 Å². The number of aryl methyl sites for hydroxylation is 1. The Bertz CT molecular complexity index is 733. The fourth-order valence-electron chi connectivity index (χ4n) is 3.04. The summed E-state index contributed by atoms with van der Waals surface area (Å²) in [5, 5.41) is 0.388. The van der Waals surface area contributed by atoms with Gasteiger partial charge in [0.15, 0.2) is 6.29 Å². The van der Waals surface area contributed by atoms with E-state index in [1.807, 2.05) is 30.3 Å². The predicted octanol–water partition coefficient (Wildman–Crippen LogP) is 4.47. The standard InChI is InChI=1S/C20H25ClN2O3/c1-2-14-6-7-16(22)13-17(14)15-11-18(21)23-19(12-15)24-9-10-26-20-5-3-4-8-25-20/h6-7,11-13,20H,2-5,8-10,22H2,1H3. The van der Waals surface area contributed by atoms with Crippen molar-refractivity contribution in [2.75, 3.05) is 25.6 Å². The third-order valence-electron chi connectivity index (χ3n) is 4.37. The first kappa shape index (κ1) is 19.0. The molecule has 1 aliphatic rings. The number of nitrogens with zero attached hydrogens (tertiary/aromatic N) is 1. The van der Waals surface area contributed by atoms with Crippen LogP contribution < -0.4 is 10.5 Å². The second-order valence-electron chi connectivity index (χ2n) is 6.30. The number of nitrogen functional groups attached to an aromatic ring is 1. The summed E-state index contributed by atoms with van der Waals surface area (Å²) in [6.45, 7) is 3.72. The molecule has 1 aromatic carbocycles. The third kappa shape index (κ3) is 5.10. The molecule has 0 radical (unpaired) electrons. The minimum absolute atomic E-state index is 0.116. The Kier molecular flexibility index (Phi) is 6.72. The van der Waals surface area contributed by atoms with Crippen LogP contribution in [0.25, 0.3) is 11.1 Å². The van der Waals surface area contributed by atoms with Crippen molar-refractivity contribution < 1.29 is 14.2 Å². The Hall–Kier alpha value is -1.82. The van der Waals surface area contributed by atoms with E-state index in [4.69, 9.17) is 31.5 Å². The number of ether oxygens (including phenoxy) is 3. The molecule has 5 nitrogen and oxygen atoms in total. The van der Waals surface area contributed by atoms with Crippen molar-refractivity contribution in [3.05, 3.63) is 41.0 Å². The van der Waals surface area contributed by atoms with E-state index in [0.717, 1.165) is 43.4 Å². The Labute approximate surface area is 159 Å². The quantitative estimate of drug-likeness (QED) is 0.438. The van der Waals surface area contributed by atoms with E-state index in [-0.39, 0.29) is 6.29 Å². The Morgan fingerprint density at radius 3 is 2.88 bits per heavy atom. The molecule has 1 unspecified atom stereocenters. The van der Waals surface area contributed by atoms with Crippen LogP contribution in [0.1, 0.15) is 31.7 Å². The molecular weight excluding hydrogens is 352 g/mol. The number of hydrogen-bond acceptors (Lipinski definition) is 5. The molecule has 1 saturated heterocycles. The average molecular weight is 377 g/mol. The summed E-state index contributed by atoms with van der Waals surface area (Å²) in [4.78, 5) is 4.25. The van der Waals surface area contributed by atoms with Crippen molar-refractivity contribution in [2.24, 2.45) is 0 Å². The third-order valence-corrected chi connectivity index (χ3v) is 4.56. The molecule has 26 heavy (non-hydrogen) atoms. The van der Waals surface area contributed by atoms with Crippen molar-refractivity contribution in [1.82, 2.24) is 4.98 Å². The Morgan fingerprint density at radius 2 is 2.12 bits per heavy atom. The number of benzene rings is 1. The summed E-state index contributed by atoms with van der Waals surface area (Å²) < 4.78 is 17.0. The van der Waals surface area contributed by atoms with Gasteiger partial charge in [0, 0.05) is 18.4 Å². The molecule has 1 aromatic heterocycles. The number of pyridine rings is 1. The maximum Gasteiger partial charge on any atom is 0.215 e. The molecule has 1 fully saturated rings. The second kappa shape index (κ2) is 9.21. The largest absolute Gasteiger partial charge is 0.475 e. The van der Waals surface area contributed by atoms with E-state index in [1.54, 1.807) is 0 Å². The number of hydrogen-bond donors (Lipinski definition) is 1. The van der Waals surface area contributed by atoms with Crippen LogP contribution >= 0.6 is 11.6 Å². The zero-order valence-electron chi connectivity index (χ0n) is 15.0. The number of anilines is 1. The van der Waals surface area contributed by atoms with Gasteiger partial charge in [-0.2, -0.15) is 0 Å². The predicted molar refractivity (Wildman–Crippen MR) is 104 cm³/mol. The molecule has 140 valence electrons. The molecular formula is C20H25ClN2O3. The summed E-state index contributed by atoms with van der Waals surface area (Å²) in [5.41, 5.74) is 9.87. The summed E-state index contributed by atoms with van der Waals surface area (Å²) in [6.07, 6.45) is 3.98. The van der Waals surface area contributed by atoms with Gasteiger partial charge < -0.3 is 19.9 Å². The van der Waals surface area contributed by atoms with Gasteiger partial charge in [-0.1, -0.05) is 24.6 Å². The van der Waals surface area contributed by atoms with E-state index in [1.165, 1.54) is 5.56 Å². The topological polar surface area (TPSA) is 66.6 Å². The molecule has 2 N–H and O–H groups in total. The maximum atomic E-state index is 6.20. The van der Waals surface area contributed by atoms with Gasteiger partial charge in [-0.05, 0) is 60.6 Å². The molecule has 0 amide bonds. The molecule has 3 rings (SSSR count). The molecule has 0 aliphatic carbocycles. The number of aromatic nitrogens is 1. The van der Waals surface area contributed by atoms with E-state index in [9.17, 15) is 0 Å². The van der Waals surface area contributed by atoms with Crippen molar-refractivity contribution in [3.8, 4) is 17.0 Å². The van der Waals surface area contributed by atoms with Gasteiger partial charge in [0.2, 0.25) is 5.88 Å². The highest BCUT2D eigenvalue weighted by molar-refractivity contribution is 6.29. The molecule has 2 heterocycles. The zero-order chi connectivity index (χ0) is 18.4. The molecule has 0 saturated carbocycles. The van der Waals surface area contributed by atoms with Gasteiger partial charge >= 0.3 is 0 Å². The monoisotopic (exact) mass is 376 g/mol. The number of rotatable bonds is 7. The van der Waals surface area contributed by atoms with Gasteiger partial charge in [-0.25, -0.2) is 4.98 Å². The fourth-order valence-corrected chi connectivity index (χ4v) is 3.24. The highest BCUT2D eigenvalue weighted by Gasteiger charge is 2.14. The fraction of sp³-hybridized carbons (Fsp3) is 0.450. The first-order valence-corrected chi connectivity index (χ1v) is 9.46. The van der Waals surface area contributed by atoms with E-state index >= 15 is 0 Å². The number of halogens is 1. The lowest BCUT2D eigenvalue weighted by Gasteiger charge is -2.22. The lowest BCUT2D eigenvalue weighted by molar-refractivity contribution is -0.165. The summed E-state index contributed by atoms with van der Waals surface area (Å²) in [6, 6.07) is 9.62. The summed E-state index contributed by atoms with van der Waals surface area (Å²) in [7, 11) is 0. The van der Waals surface area contributed by atoms with Crippen LogP contribution in [0.2, 0.25) is 5.15 Å². The van der Waals surface area contributed by atoms with Crippen molar-refractivity contribution in [1.29, 1.82) is 0 Å². The van der Waals surface area contributed by atoms with Gasteiger partial charge in [0.05, 0.1) is 6.61 Å². The minimum Gasteiger partial charge on any atom is -0.475 e. The van der Waals surface area contributed by atoms with E-state index in [2.05, 4.69) is 11.9 Å². The highest BCUT2D eigenvalue weighted by Crippen LogP contribution is 2.30. The lowest BCUT2D eigenvalue weighted by Crippen LogP contribution is -2.24. The van der Waals surface area contributed by atoms with Crippen molar-refractivity contribution >= 4 is 17.3 Å². The van der Waals surface area contributed by atoms with Crippen LogP contribution in [0.15, 0.2) is 30.3 Å². The van der Waals surface area contributed by atoms with Crippen LogP contribution in [-0.4, -0.2) is 31.1 Å². The maximum absolute atomic E-state index is 6.20. The summed E-state index contributed by atoms with van der Waals surface area (Å²) in [5.74, 6) is 0.477. The Balaban J connectivity index is 1.65. The minimum atomic E-state index is -0.116.